The Kier molecular flexibility index (Phi) is 7.92. The maximum atomic E-state index is 13.6. The number of likely N-dealkylation sites (N-methyl/N-ethyl adjacent to an activating group) is 1. The predicted octanol–water partition coefficient (Wildman–Crippen LogP) is 5.30. The van der Waals surface area contributed by atoms with Crippen molar-refractivity contribution in [3.05, 3.63) is 101 Å². The molecular weight excluding hydrogens is 467 g/mol. The number of aromatic nitrogens is 2. The van der Waals surface area contributed by atoms with Gasteiger partial charge in [0, 0.05) is 34.6 Å². The first-order valence-corrected chi connectivity index (χ1v) is 11.5. The van der Waals surface area contributed by atoms with E-state index < -0.39 is 6.23 Å². The maximum absolute atomic E-state index is 13.6. The zero-order valence-corrected chi connectivity index (χ0v) is 20.0. The summed E-state index contributed by atoms with van der Waals surface area (Å²) in [5, 5.41) is 5.41. The summed E-state index contributed by atoms with van der Waals surface area (Å²) in [6.07, 6.45) is 2.80. The Bertz CT molecular complexity index is 1260. The molecule has 0 saturated carbocycles. The number of nitrogen functional groups attached to an aromatic ring is 1. The monoisotopic (exact) mass is 492 g/mol. The van der Waals surface area contributed by atoms with Crippen LogP contribution in [-0.2, 0) is 16.0 Å². The molecule has 35 heavy (non-hydrogen) atoms. The van der Waals surface area contributed by atoms with Crippen molar-refractivity contribution in [1.82, 2.24) is 14.7 Å². The number of hydrogen-bond donors (Lipinski definition) is 1. The second-order valence-electron chi connectivity index (χ2n) is 8.19. The van der Waals surface area contributed by atoms with Crippen molar-refractivity contribution in [3.8, 4) is 16.9 Å². The highest BCUT2D eigenvalue weighted by Crippen LogP contribution is 2.32. The molecule has 0 radical (unpaired) electrons. The van der Waals surface area contributed by atoms with Crippen LogP contribution >= 0.6 is 11.6 Å². The first kappa shape index (κ1) is 24.6. The summed E-state index contributed by atoms with van der Waals surface area (Å²) >= 11 is 6.06. The van der Waals surface area contributed by atoms with Crippen LogP contribution in [0.4, 0.5) is 10.1 Å². The van der Waals surface area contributed by atoms with Crippen molar-refractivity contribution in [2.75, 3.05) is 25.9 Å². The van der Waals surface area contributed by atoms with Gasteiger partial charge in [-0.25, -0.2) is 9.07 Å². The molecule has 3 aromatic carbocycles. The highest BCUT2D eigenvalue weighted by molar-refractivity contribution is 6.30. The lowest BCUT2D eigenvalue weighted by Crippen LogP contribution is -2.29. The van der Waals surface area contributed by atoms with Crippen LogP contribution in [0.3, 0.4) is 0 Å². The second kappa shape index (κ2) is 11.3. The lowest BCUT2D eigenvalue weighted by atomic mass is 10.1. The summed E-state index contributed by atoms with van der Waals surface area (Å²) in [7, 11) is 1.93. The highest BCUT2D eigenvalue weighted by atomic mass is 35.5. The topological polar surface area (TPSA) is 73.4 Å². The second-order valence-corrected chi connectivity index (χ2v) is 8.62. The fourth-order valence-electron chi connectivity index (χ4n) is 3.82. The van der Waals surface area contributed by atoms with Crippen LogP contribution < -0.4 is 5.73 Å². The molecule has 0 aliphatic heterocycles. The molecule has 0 saturated heterocycles. The summed E-state index contributed by atoms with van der Waals surface area (Å²) in [4.78, 5) is 13.2. The largest absolute Gasteiger partial charge is 0.399 e. The Balaban J connectivity index is 1.70. The Morgan fingerprint density at radius 2 is 1.77 bits per heavy atom. The minimum atomic E-state index is -0.560. The van der Waals surface area contributed by atoms with Crippen LogP contribution in [0.5, 0.6) is 0 Å². The summed E-state index contributed by atoms with van der Waals surface area (Å²) in [5.41, 5.74) is 10.6. The van der Waals surface area contributed by atoms with Gasteiger partial charge in [-0.1, -0.05) is 23.7 Å². The van der Waals surface area contributed by atoms with Gasteiger partial charge in [-0.15, -0.1) is 0 Å². The third-order valence-electron chi connectivity index (χ3n) is 5.67. The Labute approximate surface area is 208 Å². The molecule has 0 aliphatic carbocycles. The number of benzene rings is 3. The smallest absolute Gasteiger partial charge is 0.145 e. The zero-order chi connectivity index (χ0) is 24.8. The van der Waals surface area contributed by atoms with E-state index >= 15 is 0 Å². The molecule has 0 aliphatic rings. The fraction of sp³-hybridized carbons (Fsp3) is 0.185. The number of rotatable bonds is 10. The van der Waals surface area contributed by atoms with E-state index in [0.29, 0.717) is 22.9 Å². The molecule has 1 unspecified atom stereocenters. The van der Waals surface area contributed by atoms with Crippen molar-refractivity contribution in [1.29, 1.82) is 0 Å². The third kappa shape index (κ3) is 6.14. The van der Waals surface area contributed by atoms with Gasteiger partial charge in [0.25, 0.3) is 0 Å². The number of carbonyl (C=O) groups is 1. The standard InChI is InChI=1S/C27H26ClFN4O2/c1-32(15-14-19-2-10-23(30)11-3-19)27(35-17-16-34)25-18-33(24-12-6-21(28)7-13-24)31-26(25)20-4-8-22(29)9-5-20/h2-13,16,18,27H,14-15,17,30H2,1H3. The number of anilines is 1. The third-order valence-corrected chi connectivity index (χ3v) is 5.92. The number of hydrogen-bond acceptors (Lipinski definition) is 5. The predicted molar refractivity (Wildman–Crippen MR) is 136 cm³/mol. The van der Waals surface area contributed by atoms with E-state index in [4.69, 9.17) is 27.2 Å². The summed E-state index contributed by atoms with van der Waals surface area (Å²) in [5.74, 6) is -0.332. The van der Waals surface area contributed by atoms with E-state index in [9.17, 15) is 9.18 Å². The fourth-order valence-corrected chi connectivity index (χ4v) is 3.94. The zero-order valence-electron chi connectivity index (χ0n) is 19.3. The van der Waals surface area contributed by atoms with Crippen LogP contribution in [0.1, 0.15) is 17.4 Å². The molecule has 1 heterocycles. The molecular formula is C27H26ClFN4O2. The van der Waals surface area contributed by atoms with Crippen LogP contribution in [0.15, 0.2) is 79.0 Å². The average Bonchev–Trinajstić information content (AvgIpc) is 3.30. The molecule has 6 nitrogen and oxygen atoms in total. The number of nitrogens with two attached hydrogens (primary N) is 1. The molecule has 1 aromatic heterocycles. The SMILES string of the molecule is CN(CCc1ccc(N)cc1)C(OCC=O)c1cn(-c2ccc(Cl)cc2)nc1-c1ccc(F)cc1. The normalized spacial score (nSPS) is 12.1. The van der Waals surface area contributed by atoms with Crippen LogP contribution in [0.25, 0.3) is 16.9 Å². The van der Waals surface area contributed by atoms with Gasteiger partial charge >= 0.3 is 0 Å². The molecule has 4 rings (SSSR count). The van der Waals surface area contributed by atoms with Gasteiger partial charge in [-0.05, 0) is 79.7 Å². The molecule has 0 fully saturated rings. The summed E-state index contributed by atoms with van der Waals surface area (Å²) in [6.45, 7) is 0.578. The van der Waals surface area contributed by atoms with Crippen molar-refractivity contribution in [2.24, 2.45) is 0 Å². The Hall–Kier alpha value is -3.52. The van der Waals surface area contributed by atoms with Crippen LogP contribution in [-0.4, -0.2) is 41.2 Å². The lowest BCUT2D eigenvalue weighted by Gasteiger charge is -2.27. The summed E-state index contributed by atoms with van der Waals surface area (Å²) < 4.78 is 21.4. The average molecular weight is 493 g/mol. The molecule has 0 bridgehead atoms. The summed E-state index contributed by atoms with van der Waals surface area (Å²) in [6, 6.07) is 21.2. The number of carbonyl (C=O) groups excluding carboxylic acids is 1. The van der Waals surface area contributed by atoms with E-state index in [1.165, 1.54) is 12.1 Å². The Morgan fingerprint density at radius 3 is 2.43 bits per heavy atom. The highest BCUT2D eigenvalue weighted by Gasteiger charge is 2.25. The molecule has 0 spiro atoms. The van der Waals surface area contributed by atoms with Gasteiger partial charge in [0.2, 0.25) is 0 Å². The number of nitrogens with zero attached hydrogens (tertiary/aromatic N) is 3. The Morgan fingerprint density at radius 1 is 1.09 bits per heavy atom. The molecule has 8 heteroatoms. The lowest BCUT2D eigenvalue weighted by molar-refractivity contribution is -0.119. The van der Waals surface area contributed by atoms with Crippen LogP contribution in [0, 0.1) is 5.82 Å². The molecule has 180 valence electrons. The van der Waals surface area contributed by atoms with Crippen molar-refractivity contribution >= 4 is 23.6 Å². The molecule has 2 N–H and O–H groups in total. The molecule has 4 aromatic rings. The first-order chi connectivity index (χ1) is 16.9. The maximum Gasteiger partial charge on any atom is 0.145 e. The van der Waals surface area contributed by atoms with Crippen molar-refractivity contribution in [3.63, 3.8) is 0 Å². The van der Waals surface area contributed by atoms with Gasteiger partial charge in [-0.3, -0.25) is 4.90 Å². The molecule has 0 amide bonds. The minimum Gasteiger partial charge on any atom is -0.399 e. The molecule has 1 atom stereocenters. The van der Waals surface area contributed by atoms with Gasteiger partial charge < -0.3 is 15.3 Å². The van der Waals surface area contributed by atoms with Crippen LogP contribution in [0.2, 0.25) is 5.02 Å². The number of halogens is 2. The van der Waals surface area contributed by atoms with Gasteiger partial charge in [0.15, 0.2) is 0 Å². The number of aldehydes is 1. The minimum absolute atomic E-state index is 0.0775. The van der Waals surface area contributed by atoms with E-state index in [2.05, 4.69) is 0 Å². The van der Waals surface area contributed by atoms with E-state index in [0.717, 1.165) is 35.1 Å². The quantitative estimate of drug-likeness (QED) is 0.185. The first-order valence-electron chi connectivity index (χ1n) is 11.2. The van der Waals surface area contributed by atoms with Gasteiger partial charge in [0.05, 0.1) is 11.4 Å². The van der Waals surface area contributed by atoms with Crippen molar-refractivity contribution < 1.29 is 13.9 Å². The van der Waals surface area contributed by atoms with E-state index in [1.54, 1.807) is 28.9 Å². The van der Waals surface area contributed by atoms with E-state index in [1.807, 2.05) is 54.5 Å². The van der Waals surface area contributed by atoms with E-state index in [-0.39, 0.29) is 12.4 Å². The number of ether oxygens (including phenoxy) is 1. The van der Waals surface area contributed by atoms with Crippen molar-refractivity contribution in [2.45, 2.75) is 12.6 Å². The van der Waals surface area contributed by atoms with Gasteiger partial charge in [-0.2, -0.15) is 5.10 Å². The van der Waals surface area contributed by atoms with Gasteiger partial charge in [0.1, 0.15) is 24.9 Å².